The van der Waals surface area contributed by atoms with E-state index in [4.69, 9.17) is 0 Å². The van der Waals surface area contributed by atoms with E-state index in [1.165, 1.54) is 12.1 Å². The summed E-state index contributed by atoms with van der Waals surface area (Å²) in [5.74, 6) is -0.325. The fourth-order valence-electron chi connectivity index (χ4n) is 3.53. The van der Waals surface area contributed by atoms with Crippen molar-refractivity contribution < 1.29 is 14.1 Å². The molecule has 0 spiro atoms. The summed E-state index contributed by atoms with van der Waals surface area (Å²) in [5, 5.41) is 11.2. The molecule has 0 unspecified atom stereocenters. The first-order valence-corrected chi connectivity index (χ1v) is 8.73. The first kappa shape index (κ1) is 17.6. The summed E-state index contributed by atoms with van der Waals surface area (Å²) in [7, 11) is 0. The number of anilines is 1. The van der Waals surface area contributed by atoms with Crippen LogP contribution < -0.4 is 4.90 Å². The molecule has 2 heterocycles. The molecular weight excluding hydrogens is 327 g/mol. The van der Waals surface area contributed by atoms with Crippen LogP contribution in [0.1, 0.15) is 19.3 Å². The Kier molecular flexibility index (Phi) is 5.47. The van der Waals surface area contributed by atoms with Crippen molar-refractivity contribution in [2.24, 2.45) is 0 Å². The average Bonchev–Trinajstić information content (AvgIpc) is 3.02. The fourth-order valence-corrected chi connectivity index (χ4v) is 3.53. The topological polar surface area (TPSA) is 69.9 Å². The van der Waals surface area contributed by atoms with Gasteiger partial charge in [-0.3, -0.25) is 19.8 Å². The minimum absolute atomic E-state index is 0.0806. The molecule has 1 aromatic rings. The van der Waals surface area contributed by atoms with Crippen molar-refractivity contribution in [3.8, 4) is 0 Å². The summed E-state index contributed by atoms with van der Waals surface area (Å²) >= 11 is 0. The highest BCUT2D eigenvalue weighted by molar-refractivity contribution is 5.78. The van der Waals surface area contributed by atoms with Crippen LogP contribution in [0.15, 0.2) is 18.2 Å². The maximum absolute atomic E-state index is 13.6. The Morgan fingerprint density at radius 1 is 1.08 bits per heavy atom. The van der Waals surface area contributed by atoms with Crippen LogP contribution in [0.2, 0.25) is 0 Å². The van der Waals surface area contributed by atoms with Crippen LogP contribution in [0.4, 0.5) is 15.8 Å². The first-order chi connectivity index (χ1) is 12.0. The SMILES string of the molecule is O=C(CN1CCCN(c2cc(F)ccc2[N+](=O)[O-])CC1)N1CCCC1. The van der Waals surface area contributed by atoms with Crippen LogP contribution in [0, 0.1) is 15.9 Å². The van der Waals surface area contributed by atoms with Gasteiger partial charge in [-0.15, -0.1) is 0 Å². The number of hydrogen-bond donors (Lipinski definition) is 0. The lowest BCUT2D eigenvalue weighted by molar-refractivity contribution is -0.384. The third-order valence-corrected chi connectivity index (χ3v) is 4.88. The second-order valence-electron chi connectivity index (χ2n) is 6.59. The molecule has 2 aliphatic rings. The summed E-state index contributed by atoms with van der Waals surface area (Å²) in [6, 6.07) is 3.55. The number of nitro groups is 1. The van der Waals surface area contributed by atoms with E-state index in [0.717, 1.165) is 45.0 Å². The molecule has 0 bridgehead atoms. The number of carbonyl (C=O) groups is 1. The summed E-state index contributed by atoms with van der Waals surface area (Å²) < 4.78 is 13.6. The molecule has 0 aromatic heterocycles. The molecule has 0 saturated carbocycles. The standard InChI is InChI=1S/C17H23FN4O3/c18-14-4-5-15(22(24)25)16(12-14)20-9-3-6-19(10-11-20)13-17(23)21-7-1-2-8-21/h4-5,12H,1-3,6-11,13H2. The Balaban J connectivity index is 1.64. The maximum atomic E-state index is 13.6. The Bertz CT molecular complexity index is 649. The lowest BCUT2D eigenvalue weighted by Crippen LogP contribution is -2.40. The van der Waals surface area contributed by atoms with Crippen LogP contribution in [-0.4, -0.2) is 66.4 Å². The number of nitrogens with zero attached hydrogens (tertiary/aromatic N) is 4. The quantitative estimate of drug-likeness (QED) is 0.612. The highest BCUT2D eigenvalue weighted by atomic mass is 19.1. The van der Waals surface area contributed by atoms with Gasteiger partial charge >= 0.3 is 0 Å². The van der Waals surface area contributed by atoms with Crippen LogP contribution >= 0.6 is 0 Å². The highest BCUT2D eigenvalue weighted by Crippen LogP contribution is 2.29. The molecule has 0 radical (unpaired) electrons. The normalized spacial score (nSPS) is 19.1. The van der Waals surface area contributed by atoms with Gasteiger partial charge < -0.3 is 9.80 Å². The van der Waals surface area contributed by atoms with Crippen molar-refractivity contribution in [1.29, 1.82) is 0 Å². The van der Waals surface area contributed by atoms with Gasteiger partial charge in [0.15, 0.2) is 0 Å². The van der Waals surface area contributed by atoms with Crippen LogP contribution in [0.25, 0.3) is 0 Å². The molecule has 0 atom stereocenters. The molecule has 8 heteroatoms. The first-order valence-electron chi connectivity index (χ1n) is 8.73. The molecule has 2 fully saturated rings. The highest BCUT2D eigenvalue weighted by Gasteiger charge is 2.25. The molecule has 3 rings (SSSR count). The van der Waals surface area contributed by atoms with Crippen molar-refractivity contribution in [3.63, 3.8) is 0 Å². The minimum atomic E-state index is -0.481. The van der Waals surface area contributed by atoms with Gasteiger partial charge in [-0.2, -0.15) is 0 Å². The third-order valence-electron chi connectivity index (χ3n) is 4.88. The summed E-state index contributed by atoms with van der Waals surface area (Å²) in [6.45, 7) is 4.62. The summed E-state index contributed by atoms with van der Waals surface area (Å²) in [5.41, 5.74) is 0.237. The monoisotopic (exact) mass is 350 g/mol. The molecule has 25 heavy (non-hydrogen) atoms. The second-order valence-corrected chi connectivity index (χ2v) is 6.59. The zero-order valence-electron chi connectivity index (χ0n) is 14.2. The number of likely N-dealkylation sites (tertiary alicyclic amines) is 1. The Morgan fingerprint density at radius 2 is 1.84 bits per heavy atom. The van der Waals surface area contributed by atoms with Gasteiger partial charge in [0, 0.05) is 51.4 Å². The molecule has 7 nitrogen and oxygen atoms in total. The van der Waals surface area contributed by atoms with Gasteiger partial charge in [-0.05, 0) is 25.3 Å². The number of halogens is 1. The van der Waals surface area contributed by atoms with E-state index in [1.54, 1.807) is 0 Å². The maximum Gasteiger partial charge on any atom is 0.292 e. The smallest absolute Gasteiger partial charge is 0.292 e. The molecule has 2 aliphatic heterocycles. The number of nitro benzene ring substituents is 1. The summed E-state index contributed by atoms with van der Waals surface area (Å²) in [6.07, 6.45) is 2.92. The molecule has 136 valence electrons. The number of rotatable bonds is 4. The van der Waals surface area contributed by atoms with Crippen molar-refractivity contribution in [1.82, 2.24) is 9.80 Å². The predicted molar refractivity (Wildman–Crippen MR) is 92.1 cm³/mol. The van der Waals surface area contributed by atoms with Crippen molar-refractivity contribution >= 4 is 17.3 Å². The number of amides is 1. The van der Waals surface area contributed by atoms with Crippen LogP contribution in [0.5, 0.6) is 0 Å². The van der Waals surface area contributed by atoms with E-state index in [-0.39, 0.29) is 11.6 Å². The third kappa shape index (κ3) is 4.25. The zero-order chi connectivity index (χ0) is 17.8. The Labute approximate surface area is 146 Å². The summed E-state index contributed by atoms with van der Waals surface area (Å²) in [4.78, 5) is 28.9. The van der Waals surface area contributed by atoms with Crippen molar-refractivity contribution in [2.45, 2.75) is 19.3 Å². The van der Waals surface area contributed by atoms with Crippen LogP contribution in [0.3, 0.4) is 0 Å². The van der Waals surface area contributed by atoms with E-state index >= 15 is 0 Å². The Morgan fingerprint density at radius 3 is 2.56 bits per heavy atom. The second kappa shape index (κ2) is 7.77. The van der Waals surface area contributed by atoms with E-state index in [2.05, 4.69) is 4.90 Å². The number of carbonyl (C=O) groups excluding carboxylic acids is 1. The van der Waals surface area contributed by atoms with Gasteiger partial charge in [0.05, 0.1) is 11.5 Å². The van der Waals surface area contributed by atoms with Gasteiger partial charge in [-0.1, -0.05) is 0 Å². The molecule has 2 saturated heterocycles. The van der Waals surface area contributed by atoms with Gasteiger partial charge in [0.1, 0.15) is 11.5 Å². The predicted octanol–water partition coefficient (Wildman–Crippen LogP) is 1.87. The molecule has 1 aromatic carbocycles. The fraction of sp³-hybridized carbons (Fsp3) is 0.588. The number of hydrogen-bond acceptors (Lipinski definition) is 5. The van der Waals surface area contributed by atoms with Crippen LogP contribution in [-0.2, 0) is 4.79 Å². The lowest BCUT2D eigenvalue weighted by atomic mass is 10.2. The molecule has 1 amide bonds. The largest absolute Gasteiger partial charge is 0.365 e. The lowest BCUT2D eigenvalue weighted by Gasteiger charge is -2.24. The van der Waals surface area contributed by atoms with Gasteiger partial charge in [0.25, 0.3) is 5.69 Å². The van der Waals surface area contributed by atoms with Gasteiger partial charge in [-0.25, -0.2) is 4.39 Å². The molecule has 0 aliphatic carbocycles. The number of benzene rings is 1. The van der Waals surface area contributed by atoms with Crippen molar-refractivity contribution in [3.05, 3.63) is 34.1 Å². The molecular formula is C17H23FN4O3. The average molecular weight is 350 g/mol. The van der Waals surface area contributed by atoms with E-state index in [0.29, 0.717) is 31.9 Å². The van der Waals surface area contributed by atoms with E-state index in [1.807, 2.05) is 9.80 Å². The zero-order valence-corrected chi connectivity index (χ0v) is 14.2. The molecule has 0 N–H and O–H groups in total. The minimum Gasteiger partial charge on any atom is -0.365 e. The van der Waals surface area contributed by atoms with E-state index in [9.17, 15) is 19.3 Å². The Hall–Kier alpha value is -2.22. The van der Waals surface area contributed by atoms with E-state index < -0.39 is 10.7 Å². The van der Waals surface area contributed by atoms with Gasteiger partial charge in [0.2, 0.25) is 5.91 Å². The van der Waals surface area contributed by atoms with Crippen molar-refractivity contribution in [2.75, 3.05) is 50.7 Å².